The maximum Gasteiger partial charge on any atom is 0.273 e. The van der Waals surface area contributed by atoms with Crippen LogP contribution < -0.4 is 5.32 Å². The van der Waals surface area contributed by atoms with E-state index in [1.54, 1.807) is 6.07 Å². The van der Waals surface area contributed by atoms with E-state index >= 15 is 0 Å². The molecule has 112 valence electrons. The number of nitrogens with zero attached hydrogens (tertiary/aromatic N) is 2. The van der Waals surface area contributed by atoms with Crippen LogP contribution in [0.25, 0.3) is 0 Å². The zero-order chi connectivity index (χ0) is 14.6. The highest BCUT2D eigenvalue weighted by atomic mass is 16.5. The maximum atomic E-state index is 11.9. The van der Waals surface area contributed by atoms with Crippen LogP contribution in [-0.4, -0.2) is 41.1 Å². The molecule has 2 rings (SSSR count). The van der Waals surface area contributed by atoms with E-state index in [0.717, 1.165) is 19.0 Å². The molecule has 0 aromatic carbocycles. The molecule has 1 amide bonds. The van der Waals surface area contributed by atoms with Gasteiger partial charge in [0.25, 0.3) is 5.91 Å². The summed E-state index contributed by atoms with van der Waals surface area (Å²) in [7, 11) is 0. The van der Waals surface area contributed by atoms with Crippen LogP contribution in [0.5, 0.6) is 0 Å². The zero-order valence-electron chi connectivity index (χ0n) is 12.7. The Morgan fingerprint density at radius 1 is 1.60 bits per heavy atom. The van der Waals surface area contributed by atoms with Crippen LogP contribution in [0, 0.1) is 5.92 Å². The van der Waals surface area contributed by atoms with E-state index in [1.807, 2.05) is 0 Å². The third kappa shape index (κ3) is 3.60. The Balaban J connectivity index is 1.88. The molecule has 1 aromatic rings. The molecule has 1 saturated heterocycles. The van der Waals surface area contributed by atoms with Gasteiger partial charge in [0.05, 0.1) is 0 Å². The number of piperidine rings is 1. The Kier molecular flexibility index (Phi) is 4.81. The van der Waals surface area contributed by atoms with Crippen LogP contribution in [0.2, 0.25) is 0 Å². The number of rotatable bonds is 5. The molecule has 0 radical (unpaired) electrons. The van der Waals surface area contributed by atoms with Crippen LogP contribution in [0.3, 0.4) is 0 Å². The molecule has 20 heavy (non-hydrogen) atoms. The molecule has 5 nitrogen and oxygen atoms in total. The molecular formula is C15H25N3O2. The summed E-state index contributed by atoms with van der Waals surface area (Å²) in [5.41, 5.74) is 0.304. The fourth-order valence-corrected chi connectivity index (χ4v) is 2.78. The molecule has 1 fully saturated rings. The van der Waals surface area contributed by atoms with Gasteiger partial charge in [0.15, 0.2) is 5.69 Å². The van der Waals surface area contributed by atoms with Gasteiger partial charge in [-0.15, -0.1) is 0 Å². The summed E-state index contributed by atoms with van der Waals surface area (Å²) >= 11 is 0. The third-order valence-electron chi connectivity index (χ3n) is 4.30. The maximum absolute atomic E-state index is 11.9. The van der Waals surface area contributed by atoms with Crippen molar-refractivity contribution in [2.24, 2.45) is 5.92 Å². The third-order valence-corrected chi connectivity index (χ3v) is 4.30. The van der Waals surface area contributed by atoms with Gasteiger partial charge in [-0.05, 0) is 39.2 Å². The molecule has 1 aromatic heterocycles. The second kappa shape index (κ2) is 6.39. The fraction of sp³-hybridized carbons (Fsp3) is 0.733. The number of hydrogen-bond donors (Lipinski definition) is 1. The van der Waals surface area contributed by atoms with Crippen molar-refractivity contribution < 1.29 is 9.32 Å². The summed E-state index contributed by atoms with van der Waals surface area (Å²) in [6.07, 6.45) is 5.22. The number of likely N-dealkylation sites (tertiary alicyclic amines) is 1. The zero-order valence-corrected chi connectivity index (χ0v) is 12.7. The van der Waals surface area contributed by atoms with Crippen molar-refractivity contribution in [1.29, 1.82) is 0 Å². The lowest BCUT2D eigenvalue weighted by Gasteiger charge is -2.43. The minimum absolute atomic E-state index is 0.0345. The highest BCUT2D eigenvalue weighted by molar-refractivity contribution is 5.91. The number of hydrogen-bond acceptors (Lipinski definition) is 4. The van der Waals surface area contributed by atoms with Crippen molar-refractivity contribution in [3.63, 3.8) is 0 Å². The van der Waals surface area contributed by atoms with Crippen LogP contribution in [0.4, 0.5) is 0 Å². The predicted molar refractivity (Wildman–Crippen MR) is 77.5 cm³/mol. The van der Waals surface area contributed by atoms with Gasteiger partial charge in [-0.2, -0.15) is 0 Å². The number of aromatic nitrogens is 1. The fourth-order valence-electron chi connectivity index (χ4n) is 2.78. The predicted octanol–water partition coefficient (Wildman–Crippen LogP) is 2.31. The van der Waals surface area contributed by atoms with Gasteiger partial charge >= 0.3 is 0 Å². The highest BCUT2D eigenvalue weighted by Crippen LogP contribution is 2.25. The molecule has 1 aliphatic rings. The normalized spacial score (nSPS) is 20.9. The largest absolute Gasteiger partial charge is 0.364 e. The van der Waals surface area contributed by atoms with Gasteiger partial charge in [-0.1, -0.05) is 18.5 Å². The van der Waals surface area contributed by atoms with Crippen molar-refractivity contribution in [1.82, 2.24) is 15.4 Å². The first kappa shape index (κ1) is 15.0. The van der Waals surface area contributed by atoms with E-state index in [9.17, 15) is 4.79 Å². The van der Waals surface area contributed by atoms with E-state index in [-0.39, 0.29) is 11.4 Å². The summed E-state index contributed by atoms with van der Waals surface area (Å²) < 4.78 is 4.69. The monoisotopic (exact) mass is 279 g/mol. The Labute approximate surface area is 120 Å². The number of nitrogens with one attached hydrogen (secondary N) is 1. The van der Waals surface area contributed by atoms with Crippen molar-refractivity contribution in [2.45, 2.75) is 45.6 Å². The smallest absolute Gasteiger partial charge is 0.273 e. The lowest BCUT2D eigenvalue weighted by molar-refractivity contribution is 0.0610. The van der Waals surface area contributed by atoms with Gasteiger partial charge in [-0.3, -0.25) is 9.69 Å². The molecule has 0 aliphatic carbocycles. The molecular weight excluding hydrogens is 254 g/mol. The topological polar surface area (TPSA) is 58.4 Å². The van der Waals surface area contributed by atoms with E-state index in [0.29, 0.717) is 12.2 Å². The van der Waals surface area contributed by atoms with Gasteiger partial charge in [0.1, 0.15) is 6.26 Å². The summed E-state index contributed by atoms with van der Waals surface area (Å²) in [4.78, 5) is 14.4. The van der Waals surface area contributed by atoms with E-state index in [1.165, 1.54) is 25.5 Å². The van der Waals surface area contributed by atoms with Crippen molar-refractivity contribution in [3.05, 3.63) is 18.0 Å². The lowest BCUT2D eigenvalue weighted by Crippen LogP contribution is -2.54. The van der Waals surface area contributed by atoms with Crippen molar-refractivity contribution in [3.8, 4) is 0 Å². The lowest BCUT2D eigenvalue weighted by atomic mass is 9.91. The van der Waals surface area contributed by atoms with E-state index < -0.39 is 0 Å². The molecule has 1 atom stereocenters. The highest BCUT2D eigenvalue weighted by Gasteiger charge is 2.31. The molecule has 1 N–H and O–H groups in total. The second-order valence-corrected chi connectivity index (χ2v) is 6.24. The van der Waals surface area contributed by atoms with E-state index in [4.69, 9.17) is 4.52 Å². The van der Waals surface area contributed by atoms with Crippen LogP contribution >= 0.6 is 0 Å². The van der Waals surface area contributed by atoms with Crippen LogP contribution in [0.15, 0.2) is 16.9 Å². The molecule has 1 aliphatic heterocycles. The molecule has 0 bridgehead atoms. The Morgan fingerprint density at radius 3 is 3.05 bits per heavy atom. The van der Waals surface area contributed by atoms with Crippen LogP contribution in [-0.2, 0) is 0 Å². The number of carbonyl (C=O) groups is 1. The summed E-state index contributed by atoms with van der Waals surface area (Å²) in [5, 5.41) is 6.61. The van der Waals surface area contributed by atoms with Gasteiger partial charge in [0, 0.05) is 24.7 Å². The Bertz CT molecular complexity index is 428. The minimum Gasteiger partial charge on any atom is -0.364 e. The molecule has 0 saturated carbocycles. The average molecular weight is 279 g/mol. The summed E-state index contributed by atoms with van der Waals surface area (Å²) in [6.45, 7) is 9.50. The first-order valence-electron chi connectivity index (χ1n) is 7.46. The first-order chi connectivity index (χ1) is 9.53. The standard InChI is InChI=1S/C15H25N3O2/c1-4-12-6-5-8-18(10-12)15(2,3)11-16-14(19)13-7-9-20-17-13/h7,9,12H,4-6,8,10-11H2,1-3H3,(H,16,19)/t12-/m1/s1. The van der Waals surface area contributed by atoms with Gasteiger partial charge in [-0.25, -0.2) is 0 Å². The summed E-state index contributed by atoms with van der Waals surface area (Å²) in [6, 6.07) is 1.58. The first-order valence-corrected chi connectivity index (χ1v) is 7.46. The molecule has 5 heteroatoms. The number of carbonyl (C=O) groups excluding carboxylic acids is 1. The molecule has 0 unspecified atom stereocenters. The van der Waals surface area contributed by atoms with Gasteiger partial charge in [0.2, 0.25) is 0 Å². The second-order valence-electron chi connectivity index (χ2n) is 6.24. The Morgan fingerprint density at radius 2 is 2.40 bits per heavy atom. The Hall–Kier alpha value is -1.36. The number of amides is 1. The molecule has 2 heterocycles. The van der Waals surface area contributed by atoms with E-state index in [2.05, 4.69) is 36.1 Å². The minimum atomic E-state index is -0.170. The van der Waals surface area contributed by atoms with Crippen molar-refractivity contribution in [2.75, 3.05) is 19.6 Å². The van der Waals surface area contributed by atoms with Crippen LogP contribution in [0.1, 0.15) is 50.5 Å². The van der Waals surface area contributed by atoms with Crippen molar-refractivity contribution >= 4 is 5.91 Å². The average Bonchev–Trinajstić information content (AvgIpc) is 2.99. The summed E-state index contributed by atoms with van der Waals surface area (Å²) in [5.74, 6) is 0.616. The van der Waals surface area contributed by atoms with Gasteiger partial charge < -0.3 is 9.84 Å². The SMILES string of the molecule is CC[C@@H]1CCCN(C(C)(C)CNC(=O)c2ccon2)C1. The quantitative estimate of drug-likeness (QED) is 0.898. The molecule has 0 spiro atoms.